The topological polar surface area (TPSA) is 40.5 Å². The van der Waals surface area contributed by atoms with Gasteiger partial charge in [0.05, 0.1) is 5.41 Å². The first-order valence-corrected chi connectivity index (χ1v) is 7.59. The summed E-state index contributed by atoms with van der Waals surface area (Å²) in [6, 6.07) is 10.8. The summed E-state index contributed by atoms with van der Waals surface area (Å²) >= 11 is 0. The average Bonchev–Trinajstić information content (AvgIpc) is 2.86. The van der Waals surface area contributed by atoms with Crippen LogP contribution in [0.25, 0.3) is 0 Å². The van der Waals surface area contributed by atoms with Crippen molar-refractivity contribution >= 4 is 5.97 Å². The normalized spacial score (nSPS) is 24.7. The van der Waals surface area contributed by atoms with Gasteiger partial charge in [-0.1, -0.05) is 43.7 Å². The van der Waals surface area contributed by atoms with Crippen LogP contribution < -0.4 is 0 Å². The van der Waals surface area contributed by atoms with E-state index in [0.29, 0.717) is 12.6 Å². The Hall–Kier alpha value is -1.35. The summed E-state index contributed by atoms with van der Waals surface area (Å²) in [5.41, 5.74) is 0.808. The van der Waals surface area contributed by atoms with Gasteiger partial charge in [-0.15, -0.1) is 0 Å². The molecule has 1 aromatic rings. The van der Waals surface area contributed by atoms with E-state index < -0.39 is 11.4 Å². The van der Waals surface area contributed by atoms with E-state index in [1.54, 1.807) is 0 Å². The highest BCUT2D eigenvalue weighted by Crippen LogP contribution is 2.36. The van der Waals surface area contributed by atoms with Gasteiger partial charge >= 0.3 is 5.97 Å². The van der Waals surface area contributed by atoms with Crippen LogP contribution in [0.1, 0.15) is 38.7 Å². The minimum atomic E-state index is -0.617. The van der Waals surface area contributed by atoms with Gasteiger partial charge in [0.1, 0.15) is 0 Å². The second-order valence-corrected chi connectivity index (χ2v) is 6.09. The highest BCUT2D eigenvalue weighted by atomic mass is 16.4. The SMILES string of the molecule is CCCC1(C(=O)O)CCN(C(C)Cc2ccccc2)C1. The van der Waals surface area contributed by atoms with Crippen LogP contribution in [-0.2, 0) is 11.2 Å². The number of hydrogen-bond donors (Lipinski definition) is 1. The quantitative estimate of drug-likeness (QED) is 0.866. The van der Waals surface area contributed by atoms with Crippen LogP contribution in [0.4, 0.5) is 0 Å². The minimum Gasteiger partial charge on any atom is -0.481 e. The van der Waals surface area contributed by atoms with E-state index in [2.05, 4.69) is 43.0 Å². The van der Waals surface area contributed by atoms with Gasteiger partial charge in [-0.25, -0.2) is 0 Å². The molecule has 0 bridgehead atoms. The molecule has 3 heteroatoms. The predicted molar refractivity (Wildman–Crippen MR) is 80.8 cm³/mol. The maximum absolute atomic E-state index is 11.6. The van der Waals surface area contributed by atoms with Crippen LogP contribution in [-0.4, -0.2) is 35.1 Å². The maximum atomic E-state index is 11.6. The molecule has 3 nitrogen and oxygen atoms in total. The molecule has 1 N–H and O–H groups in total. The van der Waals surface area contributed by atoms with Gasteiger partial charge in [-0.05, 0) is 38.3 Å². The van der Waals surface area contributed by atoms with Gasteiger partial charge < -0.3 is 5.11 Å². The maximum Gasteiger partial charge on any atom is 0.310 e. The molecule has 1 aromatic carbocycles. The summed E-state index contributed by atoms with van der Waals surface area (Å²) in [5, 5.41) is 9.56. The smallest absolute Gasteiger partial charge is 0.310 e. The Morgan fingerprint density at radius 2 is 2.10 bits per heavy atom. The molecule has 0 radical (unpaired) electrons. The second kappa shape index (κ2) is 6.40. The third-order valence-electron chi connectivity index (χ3n) is 4.56. The van der Waals surface area contributed by atoms with Gasteiger partial charge in [-0.2, -0.15) is 0 Å². The lowest BCUT2D eigenvalue weighted by atomic mass is 9.82. The molecule has 1 fully saturated rings. The molecule has 1 heterocycles. The van der Waals surface area contributed by atoms with Crippen LogP contribution in [0.3, 0.4) is 0 Å². The Morgan fingerprint density at radius 1 is 1.40 bits per heavy atom. The van der Waals surface area contributed by atoms with E-state index in [-0.39, 0.29) is 0 Å². The molecule has 0 saturated carbocycles. The number of hydrogen-bond acceptors (Lipinski definition) is 2. The van der Waals surface area contributed by atoms with Crippen molar-refractivity contribution in [3.63, 3.8) is 0 Å². The minimum absolute atomic E-state index is 0.399. The van der Waals surface area contributed by atoms with Crippen molar-refractivity contribution in [3.05, 3.63) is 35.9 Å². The average molecular weight is 275 g/mol. The first-order chi connectivity index (χ1) is 9.57. The molecule has 110 valence electrons. The third-order valence-corrected chi connectivity index (χ3v) is 4.56. The fourth-order valence-corrected chi connectivity index (χ4v) is 3.33. The Labute approximate surface area is 121 Å². The molecule has 20 heavy (non-hydrogen) atoms. The van der Waals surface area contributed by atoms with Crippen LogP contribution >= 0.6 is 0 Å². The first-order valence-electron chi connectivity index (χ1n) is 7.59. The summed E-state index contributed by atoms with van der Waals surface area (Å²) in [6.45, 7) is 5.88. The van der Waals surface area contributed by atoms with Crippen molar-refractivity contribution in [1.29, 1.82) is 0 Å². The molecule has 1 aliphatic rings. The Balaban J connectivity index is 1.99. The van der Waals surface area contributed by atoms with Crippen molar-refractivity contribution in [2.45, 2.75) is 45.6 Å². The van der Waals surface area contributed by atoms with Crippen LogP contribution in [0, 0.1) is 5.41 Å². The molecular weight excluding hydrogens is 250 g/mol. The zero-order chi connectivity index (χ0) is 14.6. The number of likely N-dealkylation sites (tertiary alicyclic amines) is 1. The van der Waals surface area contributed by atoms with E-state index in [1.807, 2.05) is 6.07 Å². The molecule has 0 aromatic heterocycles. The fourth-order valence-electron chi connectivity index (χ4n) is 3.33. The van der Waals surface area contributed by atoms with Crippen molar-refractivity contribution in [3.8, 4) is 0 Å². The molecule has 2 atom stereocenters. The number of rotatable bonds is 6. The van der Waals surface area contributed by atoms with E-state index >= 15 is 0 Å². The number of carboxylic acid groups (broad SMARTS) is 1. The summed E-state index contributed by atoms with van der Waals surface area (Å²) in [7, 11) is 0. The number of aliphatic carboxylic acids is 1. The monoisotopic (exact) mass is 275 g/mol. The molecule has 0 aliphatic carbocycles. The third kappa shape index (κ3) is 3.21. The first kappa shape index (κ1) is 15.0. The molecule has 1 aliphatic heterocycles. The second-order valence-electron chi connectivity index (χ2n) is 6.09. The lowest BCUT2D eigenvalue weighted by Gasteiger charge is -2.28. The highest BCUT2D eigenvalue weighted by Gasteiger charge is 2.44. The van der Waals surface area contributed by atoms with Crippen molar-refractivity contribution < 1.29 is 9.90 Å². The fraction of sp³-hybridized carbons (Fsp3) is 0.588. The Kier molecular flexibility index (Phi) is 4.81. The molecule has 0 spiro atoms. The number of carboxylic acids is 1. The van der Waals surface area contributed by atoms with E-state index in [9.17, 15) is 9.90 Å². The standard InChI is InChI=1S/C17H25NO2/c1-3-9-17(16(19)20)10-11-18(13-17)14(2)12-15-7-5-4-6-8-15/h4-8,14H,3,9-13H2,1-2H3,(H,19,20). The zero-order valence-electron chi connectivity index (χ0n) is 12.5. The van der Waals surface area contributed by atoms with E-state index in [0.717, 1.165) is 32.2 Å². The van der Waals surface area contributed by atoms with Crippen LogP contribution in [0.2, 0.25) is 0 Å². The zero-order valence-corrected chi connectivity index (χ0v) is 12.5. The molecule has 2 rings (SSSR count). The molecular formula is C17H25NO2. The summed E-state index contributed by atoms with van der Waals surface area (Å²) in [6.07, 6.45) is 3.50. The Morgan fingerprint density at radius 3 is 2.70 bits per heavy atom. The number of nitrogens with zero attached hydrogens (tertiary/aromatic N) is 1. The van der Waals surface area contributed by atoms with Crippen molar-refractivity contribution in [2.24, 2.45) is 5.41 Å². The molecule has 0 amide bonds. The lowest BCUT2D eigenvalue weighted by Crippen LogP contribution is -2.38. The Bertz CT molecular complexity index is 446. The van der Waals surface area contributed by atoms with Gasteiger partial charge in [0.15, 0.2) is 0 Å². The number of benzene rings is 1. The van der Waals surface area contributed by atoms with Crippen LogP contribution in [0.5, 0.6) is 0 Å². The van der Waals surface area contributed by atoms with Crippen LogP contribution in [0.15, 0.2) is 30.3 Å². The molecule has 1 saturated heterocycles. The lowest BCUT2D eigenvalue weighted by molar-refractivity contribution is -0.148. The van der Waals surface area contributed by atoms with Gasteiger partial charge in [0.25, 0.3) is 0 Å². The van der Waals surface area contributed by atoms with Gasteiger partial charge in [0.2, 0.25) is 0 Å². The largest absolute Gasteiger partial charge is 0.481 e. The van der Waals surface area contributed by atoms with Crippen molar-refractivity contribution in [2.75, 3.05) is 13.1 Å². The van der Waals surface area contributed by atoms with E-state index in [1.165, 1.54) is 5.56 Å². The summed E-state index contributed by atoms with van der Waals surface area (Å²) < 4.78 is 0. The number of carbonyl (C=O) groups is 1. The van der Waals surface area contributed by atoms with E-state index in [4.69, 9.17) is 0 Å². The summed E-state index contributed by atoms with van der Waals surface area (Å²) in [4.78, 5) is 14.0. The highest BCUT2D eigenvalue weighted by molar-refractivity contribution is 5.75. The molecule has 2 unspecified atom stereocenters. The van der Waals surface area contributed by atoms with Gasteiger partial charge in [0, 0.05) is 12.6 Å². The summed E-state index contributed by atoms with van der Waals surface area (Å²) in [5.74, 6) is -0.617. The van der Waals surface area contributed by atoms with Crippen molar-refractivity contribution in [1.82, 2.24) is 4.90 Å². The van der Waals surface area contributed by atoms with Gasteiger partial charge in [-0.3, -0.25) is 9.69 Å². The predicted octanol–water partition coefficient (Wildman–Crippen LogP) is 3.19.